The number of anilines is 1. The van der Waals surface area contributed by atoms with Crippen molar-refractivity contribution >= 4 is 65.1 Å². The van der Waals surface area contributed by atoms with E-state index in [1.54, 1.807) is 26.0 Å². The lowest BCUT2D eigenvalue weighted by Crippen LogP contribution is -2.54. The molecule has 1 aromatic rings. The summed E-state index contributed by atoms with van der Waals surface area (Å²) >= 11 is 0. The van der Waals surface area contributed by atoms with E-state index in [1.807, 2.05) is 0 Å². The SMILES string of the molecule is CC(C)[C@H](NC(=O)CCCCCN1C(=O)C=CC1=O)C(=O)N[C@@H](CCCNC(N)=O)C(=O)Nc1ccc(COC(=O)NCC(=O)ON2C(=O)CCC2=O)cc1. The summed E-state index contributed by atoms with van der Waals surface area (Å²) in [5.74, 6) is -5.01. The van der Waals surface area contributed by atoms with Crippen LogP contribution in [0.1, 0.15) is 70.8 Å². The van der Waals surface area contributed by atoms with Crippen molar-refractivity contribution in [3.05, 3.63) is 42.0 Å². The first kappa shape index (κ1) is 43.1. The summed E-state index contributed by atoms with van der Waals surface area (Å²) in [4.78, 5) is 127. The number of hydrogen-bond donors (Lipinski definition) is 6. The number of nitrogens with one attached hydrogen (secondary N) is 5. The number of primary amides is 1. The number of alkyl carbamates (subject to hydrolysis) is 1. The Morgan fingerprint density at radius 2 is 1.47 bits per heavy atom. The number of hydrogen-bond acceptors (Lipinski definition) is 12. The van der Waals surface area contributed by atoms with Crippen LogP contribution in [0.3, 0.4) is 0 Å². The van der Waals surface area contributed by atoms with Crippen LogP contribution in [0.15, 0.2) is 36.4 Å². The number of benzene rings is 1. The molecule has 2 aliphatic heterocycles. The first-order valence-electron chi connectivity index (χ1n) is 17.7. The van der Waals surface area contributed by atoms with E-state index < -0.39 is 60.4 Å². The number of amides is 10. The van der Waals surface area contributed by atoms with Crippen molar-refractivity contribution in [3.8, 4) is 0 Å². The topological polar surface area (TPSA) is 282 Å². The number of unbranched alkanes of at least 4 members (excludes halogenated alkanes) is 2. The second-order valence-electron chi connectivity index (χ2n) is 12.9. The van der Waals surface area contributed by atoms with E-state index in [4.69, 9.17) is 10.5 Å². The van der Waals surface area contributed by atoms with Crippen LogP contribution in [0.4, 0.5) is 15.3 Å². The Morgan fingerprint density at radius 3 is 2.09 bits per heavy atom. The molecule has 20 nitrogen and oxygen atoms in total. The van der Waals surface area contributed by atoms with Crippen LogP contribution in [0.2, 0.25) is 0 Å². The zero-order valence-corrected chi connectivity index (χ0v) is 30.6. The van der Waals surface area contributed by atoms with Crippen molar-refractivity contribution < 1.29 is 57.5 Å². The molecular formula is C35H46N8O12. The van der Waals surface area contributed by atoms with E-state index >= 15 is 0 Å². The van der Waals surface area contributed by atoms with E-state index in [1.165, 1.54) is 24.3 Å². The molecule has 55 heavy (non-hydrogen) atoms. The summed E-state index contributed by atoms with van der Waals surface area (Å²) in [6.07, 6.45) is 3.33. The molecule has 7 N–H and O–H groups in total. The quantitative estimate of drug-likeness (QED) is 0.0713. The summed E-state index contributed by atoms with van der Waals surface area (Å²) in [7, 11) is 0. The summed E-state index contributed by atoms with van der Waals surface area (Å²) < 4.78 is 5.06. The van der Waals surface area contributed by atoms with Crippen LogP contribution in [0.25, 0.3) is 0 Å². The molecule has 2 atom stereocenters. The number of imide groups is 2. The van der Waals surface area contributed by atoms with Gasteiger partial charge in [0.2, 0.25) is 17.7 Å². The molecule has 1 aromatic carbocycles. The van der Waals surface area contributed by atoms with Crippen LogP contribution in [0.5, 0.6) is 0 Å². The van der Waals surface area contributed by atoms with Crippen LogP contribution < -0.4 is 32.3 Å². The minimum atomic E-state index is -1.08. The molecule has 20 heteroatoms. The number of hydroxylamine groups is 2. The van der Waals surface area contributed by atoms with Crippen molar-refractivity contribution in [2.75, 3.05) is 25.0 Å². The van der Waals surface area contributed by atoms with Gasteiger partial charge >= 0.3 is 18.1 Å². The van der Waals surface area contributed by atoms with Gasteiger partial charge in [0.15, 0.2) is 0 Å². The van der Waals surface area contributed by atoms with Crippen LogP contribution >= 0.6 is 0 Å². The Bertz CT molecular complexity index is 1630. The highest BCUT2D eigenvalue weighted by atomic mass is 16.7. The maximum atomic E-state index is 13.4. The Morgan fingerprint density at radius 1 is 0.818 bits per heavy atom. The molecule has 1 saturated heterocycles. The molecule has 0 saturated carbocycles. The number of rotatable bonds is 21. The van der Waals surface area contributed by atoms with Gasteiger partial charge in [-0.25, -0.2) is 14.4 Å². The standard InChI is InChI=1S/C35H46N8O12/c1-21(2)31(41-25(44)8-4-3-5-18-42-26(45)13-14-27(42)46)33(51)40-24(7-6-17-37-34(36)52)32(50)39-23-11-9-22(10-12-23)20-54-35(53)38-19-30(49)55-43-28(47)15-16-29(43)48/h9-14,21,24,31H,3-8,15-20H2,1-2H3,(H,38,53)(H,39,50)(H,40,51)(H,41,44)(H3,36,37,52)/t24-,31-/m0/s1. The number of carbonyl (C=O) groups excluding carboxylic acids is 10. The first-order chi connectivity index (χ1) is 26.1. The molecule has 2 aliphatic rings. The van der Waals surface area contributed by atoms with Crippen molar-refractivity contribution in [3.63, 3.8) is 0 Å². The molecule has 0 aliphatic carbocycles. The maximum Gasteiger partial charge on any atom is 0.407 e. The van der Waals surface area contributed by atoms with E-state index in [0.717, 1.165) is 4.90 Å². The summed E-state index contributed by atoms with van der Waals surface area (Å²) in [5.41, 5.74) is 5.98. The Hall–Kier alpha value is -6.34. The van der Waals surface area contributed by atoms with Gasteiger partial charge < -0.3 is 41.9 Å². The van der Waals surface area contributed by atoms with E-state index in [0.29, 0.717) is 35.6 Å². The van der Waals surface area contributed by atoms with Gasteiger partial charge in [-0.2, -0.15) is 0 Å². The monoisotopic (exact) mass is 770 g/mol. The van der Waals surface area contributed by atoms with Crippen molar-refractivity contribution in [1.29, 1.82) is 0 Å². The zero-order valence-electron chi connectivity index (χ0n) is 30.6. The lowest BCUT2D eigenvalue weighted by molar-refractivity contribution is -0.196. The lowest BCUT2D eigenvalue weighted by Gasteiger charge is -2.25. The molecule has 10 amide bonds. The highest BCUT2D eigenvalue weighted by molar-refractivity contribution is 6.12. The smallest absolute Gasteiger partial charge is 0.407 e. The van der Waals surface area contributed by atoms with Gasteiger partial charge in [-0.05, 0) is 49.3 Å². The number of urea groups is 1. The van der Waals surface area contributed by atoms with Gasteiger partial charge in [-0.3, -0.25) is 38.5 Å². The van der Waals surface area contributed by atoms with E-state index in [2.05, 4.69) is 31.4 Å². The van der Waals surface area contributed by atoms with Gasteiger partial charge in [-0.15, -0.1) is 5.06 Å². The van der Waals surface area contributed by atoms with Crippen LogP contribution in [0, 0.1) is 5.92 Å². The third kappa shape index (κ3) is 14.5. The first-order valence-corrected chi connectivity index (χ1v) is 17.7. The number of carbonyl (C=O) groups is 10. The highest BCUT2D eigenvalue weighted by Crippen LogP contribution is 2.14. The average molecular weight is 771 g/mol. The average Bonchev–Trinajstić information content (AvgIpc) is 3.63. The molecule has 0 spiro atoms. The Balaban J connectivity index is 1.48. The Kier molecular flexibility index (Phi) is 16.7. The maximum absolute atomic E-state index is 13.4. The molecule has 0 unspecified atom stereocenters. The third-order valence-corrected chi connectivity index (χ3v) is 8.22. The molecule has 0 bridgehead atoms. The molecular weight excluding hydrogens is 724 g/mol. The third-order valence-electron chi connectivity index (χ3n) is 8.22. The summed E-state index contributed by atoms with van der Waals surface area (Å²) in [6.45, 7) is 2.98. The summed E-state index contributed by atoms with van der Waals surface area (Å²) in [5, 5.41) is 13.1. The van der Waals surface area contributed by atoms with E-state index in [-0.39, 0.29) is 75.4 Å². The van der Waals surface area contributed by atoms with Gasteiger partial charge in [-0.1, -0.05) is 32.4 Å². The van der Waals surface area contributed by atoms with Crippen LogP contribution in [-0.4, -0.2) is 101 Å². The van der Waals surface area contributed by atoms with Crippen molar-refractivity contribution in [2.45, 2.75) is 83.9 Å². The molecule has 2 heterocycles. The summed E-state index contributed by atoms with van der Waals surface area (Å²) in [6, 6.07) is 3.36. The zero-order chi connectivity index (χ0) is 40.5. The lowest BCUT2D eigenvalue weighted by atomic mass is 10.0. The number of nitrogens with zero attached hydrogens (tertiary/aromatic N) is 2. The minimum absolute atomic E-state index is 0.0730. The van der Waals surface area contributed by atoms with Gasteiger partial charge in [0, 0.05) is 50.2 Å². The second-order valence-corrected chi connectivity index (χ2v) is 12.9. The highest BCUT2D eigenvalue weighted by Gasteiger charge is 2.33. The molecule has 1 fully saturated rings. The van der Waals surface area contributed by atoms with Crippen LogP contribution in [-0.2, 0) is 54.5 Å². The normalized spacial score (nSPS) is 14.7. The Labute approximate surface area is 316 Å². The molecule has 0 aromatic heterocycles. The van der Waals surface area contributed by atoms with Crippen molar-refractivity contribution in [2.24, 2.45) is 11.7 Å². The predicted molar refractivity (Wildman–Crippen MR) is 190 cm³/mol. The molecule has 298 valence electrons. The fourth-order valence-corrected chi connectivity index (χ4v) is 5.26. The van der Waals surface area contributed by atoms with Crippen molar-refractivity contribution in [1.82, 2.24) is 31.2 Å². The largest absolute Gasteiger partial charge is 0.445 e. The van der Waals surface area contributed by atoms with Gasteiger partial charge in [0.25, 0.3) is 23.6 Å². The fraction of sp³-hybridized carbons (Fsp3) is 0.486. The fourth-order valence-electron chi connectivity index (χ4n) is 5.26. The second kappa shape index (κ2) is 21.4. The van der Waals surface area contributed by atoms with Gasteiger partial charge in [0.05, 0.1) is 0 Å². The number of ether oxygens (including phenoxy) is 1. The van der Waals surface area contributed by atoms with Gasteiger partial charge in [0.1, 0.15) is 25.2 Å². The molecule has 3 rings (SSSR count). The predicted octanol–water partition coefficient (Wildman–Crippen LogP) is 0.0180. The molecule has 0 radical (unpaired) electrons. The van der Waals surface area contributed by atoms with E-state index in [9.17, 15) is 47.9 Å². The number of nitrogens with two attached hydrogens (primary N) is 1. The minimum Gasteiger partial charge on any atom is -0.445 e.